The van der Waals surface area contributed by atoms with E-state index in [1.807, 2.05) is 0 Å². The second-order valence-electron chi connectivity index (χ2n) is 5.24. The van der Waals surface area contributed by atoms with Gasteiger partial charge in [-0.3, -0.25) is 0 Å². The lowest BCUT2D eigenvalue weighted by Gasteiger charge is -2.22. The first kappa shape index (κ1) is 12.5. The molecule has 1 N–H and O–H groups in total. The van der Waals surface area contributed by atoms with Crippen molar-refractivity contribution in [2.45, 2.75) is 64.3 Å². The molecule has 0 spiro atoms. The zero-order valence-electron chi connectivity index (χ0n) is 11.0. The highest BCUT2D eigenvalue weighted by Gasteiger charge is 2.10. The molecule has 1 aromatic carbocycles. The van der Waals surface area contributed by atoms with E-state index < -0.39 is 0 Å². The molecule has 0 heterocycles. The predicted octanol–water partition coefficient (Wildman–Crippen LogP) is 4.77. The van der Waals surface area contributed by atoms with E-state index >= 15 is 0 Å². The molecule has 0 radical (unpaired) electrons. The van der Waals surface area contributed by atoms with E-state index in [1.54, 1.807) is 0 Å². The zero-order valence-corrected chi connectivity index (χ0v) is 11.0. The molecule has 2 rings (SSSR count). The van der Waals surface area contributed by atoms with E-state index in [1.165, 1.54) is 56.2 Å². The maximum Gasteiger partial charge on any atom is 0.0345 e. The van der Waals surface area contributed by atoms with Crippen molar-refractivity contribution >= 4 is 5.69 Å². The summed E-state index contributed by atoms with van der Waals surface area (Å²) in [5, 5.41) is 3.72. The van der Waals surface area contributed by atoms with Crippen molar-refractivity contribution in [2.24, 2.45) is 0 Å². The molecule has 1 aliphatic rings. The van der Waals surface area contributed by atoms with Crippen molar-refractivity contribution in [1.82, 2.24) is 0 Å². The van der Waals surface area contributed by atoms with Crippen molar-refractivity contribution in [3.8, 4) is 0 Å². The molecule has 0 aromatic heterocycles. The van der Waals surface area contributed by atoms with Crippen molar-refractivity contribution in [1.29, 1.82) is 0 Å². The third kappa shape index (κ3) is 4.07. The molecule has 17 heavy (non-hydrogen) atoms. The van der Waals surface area contributed by atoms with Gasteiger partial charge >= 0.3 is 0 Å². The molecule has 1 heteroatoms. The Kier molecular flexibility index (Phi) is 4.90. The van der Waals surface area contributed by atoms with Crippen LogP contribution in [0.2, 0.25) is 0 Å². The molecular formula is C16H25N. The highest BCUT2D eigenvalue weighted by molar-refractivity contribution is 5.46. The highest BCUT2D eigenvalue weighted by Crippen LogP contribution is 2.21. The van der Waals surface area contributed by atoms with Gasteiger partial charge in [0.2, 0.25) is 0 Å². The average molecular weight is 231 g/mol. The fourth-order valence-corrected chi connectivity index (χ4v) is 2.72. The van der Waals surface area contributed by atoms with Crippen LogP contribution in [0.25, 0.3) is 0 Å². The average Bonchev–Trinajstić information content (AvgIpc) is 2.33. The first-order valence-electron chi connectivity index (χ1n) is 7.24. The molecule has 0 unspecified atom stereocenters. The maximum atomic E-state index is 3.72. The normalized spacial score (nSPS) is 18.4. The smallest absolute Gasteiger partial charge is 0.0345 e. The van der Waals surface area contributed by atoms with Crippen LogP contribution >= 0.6 is 0 Å². The van der Waals surface area contributed by atoms with E-state index in [9.17, 15) is 0 Å². The van der Waals surface area contributed by atoms with Gasteiger partial charge in [0.25, 0.3) is 0 Å². The second kappa shape index (κ2) is 6.68. The van der Waals surface area contributed by atoms with Gasteiger partial charge in [0.15, 0.2) is 0 Å². The molecule has 0 amide bonds. The Morgan fingerprint density at radius 1 is 1.06 bits per heavy atom. The van der Waals surface area contributed by atoms with Gasteiger partial charge in [0.1, 0.15) is 0 Å². The summed E-state index contributed by atoms with van der Waals surface area (Å²) < 4.78 is 0. The minimum Gasteiger partial charge on any atom is -0.382 e. The summed E-state index contributed by atoms with van der Waals surface area (Å²) in [5.41, 5.74) is 2.75. The molecule has 1 aliphatic carbocycles. The quantitative estimate of drug-likeness (QED) is 0.790. The standard InChI is InChI=1S/C16H25N/c1-2-14-9-8-12-16(13-14)17-15-10-6-4-3-5-7-11-15/h8-9,12-13,15,17H,2-7,10-11H2,1H3. The molecule has 0 aliphatic heterocycles. The Balaban J connectivity index is 1.93. The van der Waals surface area contributed by atoms with Crippen LogP contribution in [0.1, 0.15) is 57.4 Å². The van der Waals surface area contributed by atoms with Crippen LogP contribution in [0.15, 0.2) is 24.3 Å². The molecule has 1 nitrogen and oxygen atoms in total. The minimum atomic E-state index is 0.697. The van der Waals surface area contributed by atoms with E-state index in [0.717, 1.165) is 6.42 Å². The monoisotopic (exact) mass is 231 g/mol. The number of anilines is 1. The van der Waals surface area contributed by atoms with E-state index in [0.29, 0.717) is 6.04 Å². The zero-order chi connectivity index (χ0) is 11.9. The maximum absolute atomic E-state index is 3.72. The third-order valence-corrected chi connectivity index (χ3v) is 3.81. The molecule has 1 saturated carbocycles. The topological polar surface area (TPSA) is 12.0 Å². The van der Waals surface area contributed by atoms with Crippen LogP contribution in [-0.2, 0) is 6.42 Å². The van der Waals surface area contributed by atoms with Gasteiger partial charge in [-0.15, -0.1) is 0 Å². The van der Waals surface area contributed by atoms with Gasteiger partial charge < -0.3 is 5.32 Å². The van der Waals surface area contributed by atoms with Gasteiger partial charge in [-0.2, -0.15) is 0 Å². The fourth-order valence-electron chi connectivity index (χ4n) is 2.72. The molecule has 0 atom stereocenters. The van der Waals surface area contributed by atoms with Crippen molar-refractivity contribution in [3.05, 3.63) is 29.8 Å². The Hall–Kier alpha value is -0.980. The van der Waals surface area contributed by atoms with Gasteiger partial charge in [0, 0.05) is 11.7 Å². The molecule has 1 fully saturated rings. The van der Waals surface area contributed by atoms with Gasteiger partial charge in [-0.05, 0) is 37.0 Å². The summed E-state index contributed by atoms with van der Waals surface area (Å²) >= 11 is 0. The molecule has 94 valence electrons. The Morgan fingerprint density at radius 3 is 2.47 bits per heavy atom. The Morgan fingerprint density at radius 2 is 1.76 bits per heavy atom. The lowest BCUT2D eigenvalue weighted by atomic mass is 9.96. The van der Waals surface area contributed by atoms with Gasteiger partial charge in [0.05, 0.1) is 0 Å². The van der Waals surface area contributed by atoms with Crippen LogP contribution in [0, 0.1) is 0 Å². The number of hydrogen-bond acceptors (Lipinski definition) is 1. The number of aryl methyl sites for hydroxylation is 1. The first-order valence-corrected chi connectivity index (χ1v) is 7.24. The van der Waals surface area contributed by atoms with Crippen LogP contribution in [-0.4, -0.2) is 6.04 Å². The minimum absolute atomic E-state index is 0.697. The van der Waals surface area contributed by atoms with Gasteiger partial charge in [-0.1, -0.05) is 51.2 Å². The van der Waals surface area contributed by atoms with Crippen molar-refractivity contribution < 1.29 is 0 Å². The van der Waals surface area contributed by atoms with Crippen molar-refractivity contribution in [2.75, 3.05) is 5.32 Å². The first-order chi connectivity index (χ1) is 8.38. The van der Waals surface area contributed by atoms with E-state index in [2.05, 4.69) is 36.5 Å². The summed E-state index contributed by atoms with van der Waals surface area (Å²) in [6.45, 7) is 2.22. The summed E-state index contributed by atoms with van der Waals surface area (Å²) in [6.07, 6.45) is 10.9. The highest BCUT2D eigenvalue weighted by atomic mass is 14.9. The van der Waals surface area contributed by atoms with Crippen molar-refractivity contribution in [3.63, 3.8) is 0 Å². The van der Waals surface area contributed by atoms with Crippen LogP contribution in [0.3, 0.4) is 0 Å². The molecular weight excluding hydrogens is 206 g/mol. The van der Waals surface area contributed by atoms with Crippen LogP contribution in [0.4, 0.5) is 5.69 Å². The number of rotatable bonds is 3. The summed E-state index contributed by atoms with van der Waals surface area (Å²) in [5.74, 6) is 0. The number of nitrogens with one attached hydrogen (secondary N) is 1. The molecule has 1 aromatic rings. The lowest BCUT2D eigenvalue weighted by Crippen LogP contribution is -2.20. The van der Waals surface area contributed by atoms with E-state index in [-0.39, 0.29) is 0 Å². The van der Waals surface area contributed by atoms with Crippen LogP contribution < -0.4 is 5.32 Å². The summed E-state index contributed by atoms with van der Waals surface area (Å²) in [4.78, 5) is 0. The Bertz CT molecular complexity index is 324. The lowest BCUT2D eigenvalue weighted by molar-refractivity contribution is 0.471. The van der Waals surface area contributed by atoms with Crippen LogP contribution in [0.5, 0.6) is 0 Å². The number of benzene rings is 1. The SMILES string of the molecule is CCc1cccc(NC2CCCCCCC2)c1. The summed E-state index contributed by atoms with van der Waals surface area (Å²) in [7, 11) is 0. The largest absolute Gasteiger partial charge is 0.382 e. The van der Waals surface area contributed by atoms with Gasteiger partial charge in [-0.25, -0.2) is 0 Å². The second-order valence-corrected chi connectivity index (χ2v) is 5.24. The molecule has 0 bridgehead atoms. The number of hydrogen-bond donors (Lipinski definition) is 1. The van der Waals surface area contributed by atoms with E-state index in [4.69, 9.17) is 0 Å². The Labute approximate surface area is 106 Å². The third-order valence-electron chi connectivity index (χ3n) is 3.81. The summed E-state index contributed by atoms with van der Waals surface area (Å²) in [6, 6.07) is 9.59. The molecule has 0 saturated heterocycles. The predicted molar refractivity (Wildman–Crippen MR) is 75.5 cm³/mol. The fraction of sp³-hybridized carbons (Fsp3) is 0.625.